The van der Waals surface area contributed by atoms with E-state index in [0.29, 0.717) is 6.42 Å². The minimum absolute atomic E-state index is 0.0813. The molecule has 0 fully saturated rings. The lowest BCUT2D eigenvalue weighted by atomic mass is 10.4. The van der Waals surface area contributed by atoms with Gasteiger partial charge in [-0.05, 0) is 12.5 Å². The van der Waals surface area contributed by atoms with E-state index in [0.717, 1.165) is 12.1 Å². The van der Waals surface area contributed by atoms with Crippen molar-refractivity contribution in [3.8, 4) is 0 Å². The van der Waals surface area contributed by atoms with Crippen LogP contribution in [-0.2, 0) is 4.79 Å². The second-order valence-electron chi connectivity index (χ2n) is 2.20. The molecule has 2 nitrogen and oxygen atoms in total. The van der Waals surface area contributed by atoms with E-state index < -0.39 is 0 Å². The van der Waals surface area contributed by atoms with Gasteiger partial charge in [0.1, 0.15) is 0 Å². The van der Waals surface area contributed by atoms with Crippen molar-refractivity contribution < 1.29 is 4.79 Å². The van der Waals surface area contributed by atoms with Crippen molar-refractivity contribution in [2.24, 2.45) is 0 Å². The predicted octanol–water partition coefficient (Wildman–Crippen LogP) is 1.36. The Kier molecular flexibility index (Phi) is 2.26. The number of allylic oxidation sites excluding steroid dienone is 3. The highest BCUT2D eigenvalue weighted by atomic mass is 16.1. The van der Waals surface area contributed by atoms with Gasteiger partial charge in [0, 0.05) is 12.1 Å². The molecule has 1 aliphatic carbocycles. The van der Waals surface area contributed by atoms with Crippen molar-refractivity contribution in [1.82, 2.24) is 5.32 Å². The summed E-state index contributed by atoms with van der Waals surface area (Å²) in [6.07, 6.45) is 7.43. The Balaban J connectivity index is 2.38. The number of hydrogen-bond acceptors (Lipinski definition) is 1. The lowest BCUT2D eigenvalue weighted by molar-refractivity contribution is -0.119. The third-order valence-corrected chi connectivity index (χ3v) is 1.38. The molecule has 2 heteroatoms. The number of amides is 1. The Morgan fingerprint density at radius 3 is 3.10 bits per heavy atom. The van der Waals surface area contributed by atoms with Crippen LogP contribution in [0.4, 0.5) is 0 Å². The summed E-state index contributed by atoms with van der Waals surface area (Å²) < 4.78 is 0. The average Bonchev–Trinajstić information content (AvgIpc) is 2.40. The fraction of sp³-hybridized carbons (Fsp3) is 0.375. The molecule has 0 aromatic carbocycles. The number of carbonyl (C=O) groups excluding carboxylic acids is 1. The summed E-state index contributed by atoms with van der Waals surface area (Å²) >= 11 is 0. The molecule has 0 saturated carbocycles. The van der Waals surface area contributed by atoms with Crippen molar-refractivity contribution in [1.29, 1.82) is 0 Å². The van der Waals surface area contributed by atoms with Gasteiger partial charge < -0.3 is 5.32 Å². The molecule has 0 bridgehead atoms. The van der Waals surface area contributed by atoms with E-state index in [9.17, 15) is 4.79 Å². The van der Waals surface area contributed by atoms with Crippen LogP contribution in [0.15, 0.2) is 23.9 Å². The molecule has 1 N–H and O–H groups in total. The molecule has 1 rings (SSSR count). The molecule has 10 heavy (non-hydrogen) atoms. The van der Waals surface area contributed by atoms with Gasteiger partial charge in [0.2, 0.25) is 5.91 Å². The van der Waals surface area contributed by atoms with Gasteiger partial charge >= 0.3 is 0 Å². The molecule has 0 aromatic rings. The van der Waals surface area contributed by atoms with Crippen molar-refractivity contribution in [2.45, 2.75) is 19.8 Å². The van der Waals surface area contributed by atoms with Crippen molar-refractivity contribution in [3.63, 3.8) is 0 Å². The second-order valence-corrected chi connectivity index (χ2v) is 2.20. The zero-order chi connectivity index (χ0) is 7.40. The summed E-state index contributed by atoms with van der Waals surface area (Å²) in [6, 6.07) is 0. The van der Waals surface area contributed by atoms with Gasteiger partial charge in [-0.3, -0.25) is 4.79 Å². The SMILES string of the molecule is CCC(=O)NC1=CCC=C1. The number of carbonyl (C=O) groups is 1. The highest BCUT2D eigenvalue weighted by Crippen LogP contribution is 2.04. The summed E-state index contributed by atoms with van der Waals surface area (Å²) in [4.78, 5) is 10.8. The fourth-order valence-electron chi connectivity index (χ4n) is 0.800. The lowest BCUT2D eigenvalue weighted by Crippen LogP contribution is -2.19. The van der Waals surface area contributed by atoms with Crippen LogP contribution in [0.3, 0.4) is 0 Å². The minimum atomic E-state index is 0.0813. The summed E-state index contributed by atoms with van der Waals surface area (Å²) in [5.74, 6) is 0.0813. The Labute approximate surface area is 60.6 Å². The molecular formula is C8H11NO. The molecule has 0 radical (unpaired) electrons. The fourth-order valence-corrected chi connectivity index (χ4v) is 0.800. The van der Waals surface area contributed by atoms with Crippen LogP contribution in [-0.4, -0.2) is 5.91 Å². The van der Waals surface area contributed by atoms with Crippen LogP contribution in [0.25, 0.3) is 0 Å². The van der Waals surface area contributed by atoms with Gasteiger partial charge in [-0.1, -0.05) is 19.1 Å². The number of nitrogens with one attached hydrogen (secondary N) is 1. The zero-order valence-electron chi connectivity index (χ0n) is 6.05. The van der Waals surface area contributed by atoms with E-state index in [1.165, 1.54) is 0 Å². The third-order valence-electron chi connectivity index (χ3n) is 1.38. The normalized spacial score (nSPS) is 15.1. The molecule has 0 heterocycles. The van der Waals surface area contributed by atoms with Crippen molar-refractivity contribution >= 4 is 5.91 Å². The molecule has 1 aliphatic rings. The molecular weight excluding hydrogens is 126 g/mol. The van der Waals surface area contributed by atoms with Crippen LogP contribution in [0.2, 0.25) is 0 Å². The smallest absolute Gasteiger partial charge is 0.224 e. The maximum absolute atomic E-state index is 10.8. The number of rotatable bonds is 2. The van der Waals surface area contributed by atoms with Crippen LogP contribution >= 0.6 is 0 Å². The van der Waals surface area contributed by atoms with E-state index in [2.05, 4.69) is 5.32 Å². The molecule has 0 saturated heterocycles. The van der Waals surface area contributed by atoms with Crippen LogP contribution in [0.1, 0.15) is 19.8 Å². The molecule has 0 spiro atoms. The Hall–Kier alpha value is -1.05. The minimum Gasteiger partial charge on any atom is -0.326 e. The first kappa shape index (κ1) is 7.06. The first-order chi connectivity index (χ1) is 4.83. The van der Waals surface area contributed by atoms with E-state index >= 15 is 0 Å². The van der Waals surface area contributed by atoms with Crippen molar-refractivity contribution in [2.75, 3.05) is 0 Å². The van der Waals surface area contributed by atoms with Gasteiger partial charge in [-0.2, -0.15) is 0 Å². The molecule has 0 aliphatic heterocycles. The van der Waals surface area contributed by atoms with E-state index in [4.69, 9.17) is 0 Å². The van der Waals surface area contributed by atoms with Crippen molar-refractivity contribution in [3.05, 3.63) is 23.9 Å². The van der Waals surface area contributed by atoms with Gasteiger partial charge in [0.15, 0.2) is 0 Å². The summed E-state index contributed by atoms with van der Waals surface area (Å²) in [7, 11) is 0. The standard InChI is InChI=1S/C8H11NO/c1-2-8(10)9-7-5-3-4-6-7/h3,5-6H,2,4H2,1H3,(H,9,10). The molecule has 0 unspecified atom stereocenters. The third kappa shape index (κ3) is 1.72. The van der Waals surface area contributed by atoms with Gasteiger partial charge in [0.05, 0.1) is 0 Å². The maximum atomic E-state index is 10.8. The Bertz CT molecular complexity index is 191. The monoisotopic (exact) mass is 137 g/mol. The summed E-state index contributed by atoms with van der Waals surface area (Å²) in [5.41, 5.74) is 0.937. The highest BCUT2D eigenvalue weighted by molar-refractivity contribution is 5.78. The Morgan fingerprint density at radius 2 is 2.60 bits per heavy atom. The van der Waals surface area contributed by atoms with Gasteiger partial charge in [-0.15, -0.1) is 0 Å². The van der Waals surface area contributed by atoms with Crippen LogP contribution < -0.4 is 5.32 Å². The molecule has 0 atom stereocenters. The number of hydrogen-bond donors (Lipinski definition) is 1. The van der Waals surface area contributed by atoms with Gasteiger partial charge in [0.25, 0.3) is 0 Å². The molecule has 1 amide bonds. The zero-order valence-corrected chi connectivity index (χ0v) is 6.05. The average molecular weight is 137 g/mol. The molecule has 0 aromatic heterocycles. The first-order valence-electron chi connectivity index (χ1n) is 3.49. The lowest BCUT2D eigenvalue weighted by Gasteiger charge is -1.99. The Morgan fingerprint density at radius 1 is 1.80 bits per heavy atom. The van der Waals surface area contributed by atoms with Crippen LogP contribution in [0, 0.1) is 0 Å². The topological polar surface area (TPSA) is 29.1 Å². The first-order valence-corrected chi connectivity index (χ1v) is 3.49. The largest absolute Gasteiger partial charge is 0.326 e. The van der Waals surface area contributed by atoms with E-state index in [1.807, 2.05) is 25.2 Å². The second kappa shape index (κ2) is 3.20. The maximum Gasteiger partial charge on any atom is 0.224 e. The highest BCUT2D eigenvalue weighted by Gasteiger charge is 2.00. The van der Waals surface area contributed by atoms with E-state index in [-0.39, 0.29) is 5.91 Å². The molecule has 54 valence electrons. The quantitative estimate of drug-likeness (QED) is 0.611. The summed E-state index contributed by atoms with van der Waals surface area (Å²) in [6.45, 7) is 1.84. The van der Waals surface area contributed by atoms with Gasteiger partial charge in [-0.25, -0.2) is 0 Å². The summed E-state index contributed by atoms with van der Waals surface area (Å²) in [5, 5.41) is 2.76. The predicted molar refractivity (Wildman–Crippen MR) is 40.3 cm³/mol. The van der Waals surface area contributed by atoms with Crippen LogP contribution in [0.5, 0.6) is 0 Å². The van der Waals surface area contributed by atoms with E-state index in [1.54, 1.807) is 0 Å².